The molecule has 1 aliphatic carbocycles. The third kappa shape index (κ3) is 2.53. The van der Waals surface area contributed by atoms with Crippen LogP contribution in [0.3, 0.4) is 0 Å². The van der Waals surface area contributed by atoms with Crippen LogP contribution in [-0.2, 0) is 11.8 Å². The van der Waals surface area contributed by atoms with Crippen LogP contribution in [0.1, 0.15) is 36.0 Å². The Balaban J connectivity index is 2.14. The predicted octanol–water partition coefficient (Wildman–Crippen LogP) is 4.62. The van der Waals surface area contributed by atoms with Gasteiger partial charge >= 0.3 is 0 Å². The molecule has 116 valence electrons. The van der Waals surface area contributed by atoms with Crippen LogP contribution in [0.25, 0.3) is 0 Å². The minimum absolute atomic E-state index is 0.0777. The molecule has 0 saturated carbocycles. The first-order valence-corrected chi connectivity index (χ1v) is 7.80. The molecule has 1 atom stereocenters. The van der Waals surface area contributed by atoms with Gasteiger partial charge in [-0.15, -0.1) is 0 Å². The van der Waals surface area contributed by atoms with E-state index in [1.165, 1.54) is 12.1 Å². The van der Waals surface area contributed by atoms with Crippen LogP contribution >= 0.6 is 11.6 Å². The second-order valence-electron chi connectivity index (χ2n) is 5.84. The molecule has 4 heteroatoms. The number of aliphatic hydroxyl groups is 1. The van der Waals surface area contributed by atoms with Gasteiger partial charge in [0.25, 0.3) is 0 Å². The van der Waals surface area contributed by atoms with Crippen molar-refractivity contribution in [2.24, 2.45) is 0 Å². The van der Waals surface area contributed by atoms with Crippen molar-refractivity contribution in [2.45, 2.75) is 31.1 Å². The van der Waals surface area contributed by atoms with E-state index in [1.54, 1.807) is 0 Å². The molecule has 0 aliphatic heterocycles. The molecule has 0 saturated heterocycles. The van der Waals surface area contributed by atoms with Gasteiger partial charge in [0.15, 0.2) is 11.6 Å². The summed E-state index contributed by atoms with van der Waals surface area (Å²) in [5.74, 6) is -1.61. The molecule has 1 N–H and O–H groups in total. The summed E-state index contributed by atoms with van der Waals surface area (Å²) < 4.78 is 27.3. The summed E-state index contributed by atoms with van der Waals surface area (Å²) >= 11 is 5.96. The minimum Gasteiger partial charge on any atom is -0.396 e. The van der Waals surface area contributed by atoms with Crippen LogP contribution in [-0.4, -0.2) is 11.7 Å². The monoisotopic (exact) mass is 322 g/mol. The van der Waals surface area contributed by atoms with Gasteiger partial charge in [0.1, 0.15) is 0 Å². The Hall–Kier alpha value is -1.45. The van der Waals surface area contributed by atoms with Crippen molar-refractivity contribution >= 4 is 11.6 Å². The Morgan fingerprint density at radius 1 is 1.09 bits per heavy atom. The highest BCUT2D eigenvalue weighted by Gasteiger charge is 2.40. The maximum atomic E-state index is 13.8. The second kappa shape index (κ2) is 5.98. The van der Waals surface area contributed by atoms with Gasteiger partial charge in [0, 0.05) is 17.0 Å². The highest BCUT2D eigenvalue weighted by molar-refractivity contribution is 6.30. The topological polar surface area (TPSA) is 20.2 Å². The van der Waals surface area contributed by atoms with Crippen molar-refractivity contribution in [3.8, 4) is 0 Å². The fourth-order valence-electron chi connectivity index (χ4n) is 3.58. The third-order valence-corrected chi connectivity index (χ3v) is 4.89. The Bertz CT molecular complexity index is 684. The number of halogens is 3. The molecule has 3 rings (SSSR count). The normalized spacial score (nSPS) is 20.2. The number of benzene rings is 2. The predicted molar refractivity (Wildman–Crippen MR) is 83.2 cm³/mol. The Morgan fingerprint density at radius 2 is 1.77 bits per heavy atom. The molecule has 0 aromatic heterocycles. The van der Waals surface area contributed by atoms with E-state index in [1.807, 2.05) is 24.3 Å². The van der Waals surface area contributed by atoms with Gasteiger partial charge in [-0.2, -0.15) is 0 Å². The van der Waals surface area contributed by atoms with Crippen LogP contribution in [0.15, 0.2) is 36.4 Å². The summed E-state index contributed by atoms with van der Waals surface area (Å²) in [6, 6.07) is 10.1. The molecular weight excluding hydrogens is 306 g/mol. The summed E-state index contributed by atoms with van der Waals surface area (Å²) in [5.41, 5.74) is 2.35. The van der Waals surface area contributed by atoms with Crippen LogP contribution in [0, 0.1) is 11.6 Å². The van der Waals surface area contributed by atoms with Crippen molar-refractivity contribution in [3.63, 3.8) is 0 Å². The van der Waals surface area contributed by atoms with Gasteiger partial charge in [-0.25, -0.2) is 8.78 Å². The van der Waals surface area contributed by atoms with Crippen molar-refractivity contribution < 1.29 is 13.9 Å². The fraction of sp³-hybridized carbons (Fsp3) is 0.333. The fourth-order valence-corrected chi connectivity index (χ4v) is 3.70. The van der Waals surface area contributed by atoms with Crippen LogP contribution in [0.5, 0.6) is 0 Å². The van der Waals surface area contributed by atoms with E-state index < -0.39 is 11.6 Å². The van der Waals surface area contributed by atoms with E-state index in [4.69, 9.17) is 11.6 Å². The van der Waals surface area contributed by atoms with Gasteiger partial charge < -0.3 is 5.11 Å². The molecule has 0 bridgehead atoms. The zero-order chi connectivity index (χ0) is 15.7. The SMILES string of the molecule is OCCCC1(c2ccc(Cl)cc2)CCc2cc(F)c(F)cc21. The summed E-state index contributed by atoms with van der Waals surface area (Å²) in [6.07, 6.45) is 2.80. The molecule has 0 radical (unpaired) electrons. The van der Waals surface area contributed by atoms with Gasteiger partial charge in [0.2, 0.25) is 0 Å². The molecule has 0 heterocycles. The summed E-state index contributed by atoms with van der Waals surface area (Å²) in [7, 11) is 0. The number of hydrogen-bond donors (Lipinski definition) is 1. The summed E-state index contributed by atoms with van der Waals surface area (Å²) in [6.45, 7) is 0.0777. The van der Waals surface area contributed by atoms with E-state index >= 15 is 0 Å². The lowest BCUT2D eigenvalue weighted by molar-refractivity contribution is 0.268. The van der Waals surface area contributed by atoms with Crippen LogP contribution < -0.4 is 0 Å². The maximum Gasteiger partial charge on any atom is 0.159 e. The van der Waals surface area contributed by atoms with Gasteiger partial charge in [-0.3, -0.25) is 0 Å². The molecule has 1 aliphatic rings. The van der Waals surface area contributed by atoms with Crippen LogP contribution in [0.4, 0.5) is 8.78 Å². The molecule has 0 fully saturated rings. The first-order chi connectivity index (χ1) is 10.6. The first-order valence-electron chi connectivity index (χ1n) is 7.42. The Kier molecular flexibility index (Phi) is 4.20. The van der Waals surface area contributed by atoms with Crippen LogP contribution in [0.2, 0.25) is 5.02 Å². The van der Waals surface area contributed by atoms with Gasteiger partial charge in [0.05, 0.1) is 0 Å². The third-order valence-electron chi connectivity index (χ3n) is 4.64. The van der Waals surface area contributed by atoms with E-state index in [-0.39, 0.29) is 12.0 Å². The molecule has 1 nitrogen and oxygen atoms in total. The zero-order valence-corrected chi connectivity index (χ0v) is 12.8. The Labute approximate surface area is 133 Å². The van der Waals surface area contributed by atoms with E-state index in [9.17, 15) is 13.9 Å². The van der Waals surface area contributed by atoms with Crippen molar-refractivity contribution in [1.82, 2.24) is 0 Å². The highest BCUT2D eigenvalue weighted by atomic mass is 35.5. The van der Waals surface area contributed by atoms with Gasteiger partial charge in [-0.05, 0) is 66.6 Å². The molecule has 2 aromatic carbocycles. The Morgan fingerprint density at radius 3 is 2.45 bits per heavy atom. The van der Waals surface area contributed by atoms with Crippen molar-refractivity contribution in [3.05, 3.63) is 69.7 Å². The average molecular weight is 323 g/mol. The van der Waals surface area contributed by atoms with E-state index in [0.29, 0.717) is 24.3 Å². The smallest absolute Gasteiger partial charge is 0.159 e. The standard InChI is InChI=1S/C18H17ClF2O/c19-14-4-2-13(3-5-14)18(7-1-9-22)8-6-12-10-16(20)17(21)11-15(12)18/h2-5,10-11,22H,1,6-9H2. The summed E-state index contributed by atoms with van der Waals surface area (Å²) in [4.78, 5) is 0. The number of fused-ring (bicyclic) bond motifs is 1. The van der Waals surface area contributed by atoms with Crippen molar-refractivity contribution in [2.75, 3.05) is 6.61 Å². The largest absolute Gasteiger partial charge is 0.396 e. The lowest BCUT2D eigenvalue weighted by Gasteiger charge is -2.31. The average Bonchev–Trinajstić information content (AvgIpc) is 2.85. The van der Waals surface area contributed by atoms with E-state index in [2.05, 4.69) is 0 Å². The molecule has 22 heavy (non-hydrogen) atoms. The maximum absolute atomic E-state index is 13.8. The zero-order valence-electron chi connectivity index (χ0n) is 12.1. The number of aliphatic hydroxyl groups excluding tert-OH is 1. The molecule has 2 aromatic rings. The molecule has 0 amide bonds. The van der Waals surface area contributed by atoms with E-state index in [0.717, 1.165) is 23.1 Å². The molecule has 1 unspecified atom stereocenters. The lowest BCUT2D eigenvalue weighted by atomic mass is 9.72. The number of aryl methyl sites for hydroxylation is 1. The number of hydrogen-bond acceptors (Lipinski definition) is 1. The molecule has 0 spiro atoms. The van der Waals surface area contributed by atoms with Crippen molar-refractivity contribution in [1.29, 1.82) is 0 Å². The molecular formula is C18H17ClF2O. The first kappa shape index (κ1) is 15.4. The second-order valence-corrected chi connectivity index (χ2v) is 6.28. The highest BCUT2D eigenvalue weighted by Crippen LogP contribution is 2.48. The van der Waals surface area contributed by atoms with Gasteiger partial charge in [-0.1, -0.05) is 23.7 Å². The number of rotatable bonds is 4. The minimum atomic E-state index is -0.817. The quantitative estimate of drug-likeness (QED) is 0.870. The summed E-state index contributed by atoms with van der Waals surface area (Å²) in [5, 5.41) is 9.87. The lowest BCUT2D eigenvalue weighted by Crippen LogP contribution is -2.25.